The number of ether oxygens (including phenoxy) is 2. The molecule has 0 radical (unpaired) electrons. The van der Waals surface area contributed by atoms with Crippen LogP contribution in [0.25, 0.3) is 0 Å². The van der Waals surface area contributed by atoms with E-state index in [1.165, 1.54) is 0 Å². The van der Waals surface area contributed by atoms with Crippen LogP contribution in [0, 0.1) is 0 Å². The minimum atomic E-state index is -3.71. The molecule has 0 atom stereocenters. The zero-order valence-electron chi connectivity index (χ0n) is 19.4. The van der Waals surface area contributed by atoms with Crippen molar-refractivity contribution in [1.29, 1.82) is 0 Å². The van der Waals surface area contributed by atoms with E-state index in [-0.39, 0.29) is 29.9 Å². The third-order valence-electron chi connectivity index (χ3n) is 5.06. The van der Waals surface area contributed by atoms with Crippen LogP contribution >= 0.6 is 0 Å². The Balaban J connectivity index is 1.53. The zero-order chi connectivity index (χ0) is 24.8. The van der Waals surface area contributed by atoms with Gasteiger partial charge < -0.3 is 14.6 Å². The van der Waals surface area contributed by atoms with Gasteiger partial charge in [0.1, 0.15) is 24.7 Å². The van der Waals surface area contributed by atoms with Crippen LogP contribution in [0.4, 0.5) is 5.69 Å². The molecule has 7 nitrogen and oxygen atoms in total. The first kappa shape index (κ1) is 25.1. The van der Waals surface area contributed by atoms with Crippen LogP contribution in [-0.4, -0.2) is 32.7 Å². The number of rotatable bonds is 10. The van der Waals surface area contributed by atoms with Gasteiger partial charge in [0.25, 0.3) is 10.0 Å². The molecule has 0 aliphatic carbocycles. The van der Waals surface area contributed by atoms with Crippen LogP contribution in [0.15, 0.2) is 77.7 Å². The summed E-state index contributed by atoms with van der Waals surface area (Å²) >= 11 is 0. The van der Waals surface area contributed by atoms with Gasteiger partial charge in [-0.15, -0.1) is 0 Å². The lowest BCUT2D eigenvalue weighted by Crippen LogP contribution is -2.15. The lowest BCUT2D eigenvalue weighted by atomic mass is 9.87. The summed E-state index contributed by atoms with van der Waals surface area (Å²) in [5, 5.41) is 8.99. The van der Waals surface area contributed by atoms with E-state index in [2.05, 4.69) is 25.5 Å². The Labute approximate surface area is 200 Å². The van der Waals surface area contributed by atoms with Gasteiger partial charge in [0, 0.05) is 11.3 Å². The van der Waals surface area contributed by atoms with Gasteiger partial charge in [0.05, 0.1) is 11.3 Å². The van der Waals surface area contributed by atoms with E-state index in [0.717, 1.165) is 5.56 Å². The number of carbonyl (C=O) groups is 1. The molecule has 180 valence electrons. The number of sulfonamides is 1. The summed E-state index contributed by atoms with van der Waals surface area (Å²) in [6.45, 7) is 6.69. The van der Waals surface area contributed by atoms with E-state index >= 15 is 0 Å². The van der Waals surface area contributed by atoms with Crippen molar-refractivity contribution in [2.45, 2.75) is 37.5 Å². The molecule has 3 aromatic carbocycles. The van der Waals surface area contributed by atoms with Crippen LogP contribution in [0.3, 0.4) is 0 Å². The fourth-order valence-corrected chi connectivity index (χ4v) is 4.29. The van der Waals surface area contributed by atoms with Gasteiger partial charge in [-0.25, -0.2) is 8.42 Å². The van der Waals surface area contributed by atoms with E-state index in [1.807, 2.05) is 12.1 Å². The van der Waals surface area contributed by atoms with Crippen molar-refractivity contribution in [1.82, 2.24) is 0 Å². The highest BCUT2D eigenvalue weighted by Gasteiger charge is 2.17. The summed E-state index contributed by atoms with van der Waals surface area (Å²) < 4.78 is 39.3. The number of benzene rings is 3. The Hall–Kier alpha value is -3.52. The predicted octanol–water partition coefficient (Wildman–Crippen LogP) is 4.87. The lowest BCUT2D eigenvalue weighted by molar-refractivity contribution is -0.136. The third-order valence-corrected chi connectivity index (χ3v) is 6.46. The van der Waals surface area contributed by atoms with Crippen molar-refractivity contribution in [3.63, 3.8) is 0 Å². The first-order chi connectivity index (χ1) is 16.0. The fraction of sp³-hybridized carbons (Fsp3) is 0.269. The quantitative estimate of drug-likeness (QED) is 0.399. The second-order valence-electron chi connectivity index (χ2n) is 8.78. The molecular weight excluding hydrogens is 454 g/mol. The molecule has 3 rings (SSSR count). The average molecular weight is 484 g/mol. The first-order valence-electron chi connectivity index (χ1n) is 10.8. The number of anilines is 1. The van der Waals surface area contributed by atoms with Gasteiger partial charge in [-0.3, -0.25) is 9.52 Å². The maximum Gasteiger partial charge on any atom is 0.307 e. The van der Waals surface area contributed by atoms with Crippen LogP contribution in [-0.2, 0) is 26.7 Å². The molecule has 0 bridgehead atoms. The number of carboxylic acid groups (broad SMARTS) is 1. The summed E-state index contributed by atoms with van der Waals surface area (Å²) in [5.74, 6) is 0.138. The van der Waals surface area contributed by atoms with Crippen molar-refractivity contribution >= 4 is 21.7 Å². The molecule has 0 fully saturated rings. The van der Waals surface area contributed by atoms with Gasteiger partial charge in [-0.2, -0.15) is 0 Å². The Kier molecular flexibility index (Phi) is 7.83. The van der Waals surface area contributed by atoms with Crippen LogP contribution in [0.1, 0.15) is 31.9 Å². The standard InChI is InChI=1S/C26H29NO6S/c1-26(2,3)20-8-14-23(15-9-20)34(30,31)27-21-10-12-22(13-11-21)32-16-17-33-24-7-5-4-6-19(24)18-25(28)29/h4-15,27H,16-18H2,1-3H3,(H,28,29). The summed E-state index contributed by atoms with van der Waals surface area (Å²) in [7, 11) is -3.71. The zero-order valence-corrected chi connectivity index (χ0v) is 20.3. The van der Waals surface area contributed by atoms with Gasteiger partial charge in [-0.1, -0.05) is 51.1 Å². The smallest absolute Gasteiger partial charge is 0.307 e. The van der Waals surface area contributed by atoms with Crippen molar-refractivity contribution in [2.75, 3.05) is 17.9 Å². The van der Waals surface area contributed by atoms with Gasteiger partial charge >= 0.3 is 5.97 Å². The minimum absolute atomic E-state index is 0.0571. The van der Waals surface area contributed by atoms with E-state index < -0.39 is 16.0 Å². The Morgan fingerprint density at radius 3 is 2.12 bits per heavy atom. The summed E-state index contributed by atoms with van der Waals surface area (Å²) in [5.41, 5.74) is 2.02. The first-order valence-corrected chi connectivity index (χ1v) is 12.3. The lowest BCUT2D eigenvalue weighted by Gasteiger charge is -2.19. The predicted molar refractivity (Wildman–Crippen MR) is 131 cm³/mol. The number of para-hydroxylation sites is 1. The molecule has 34 heavy (non-hydrogen) atoms. The van der Waals surface area contributed by atoms with Crippen LogP contribution < -0.4 is 14.2 Å². The fourth-order valence-electron chi connectivity index (χ4n) is 3.23. The van der Waals surface area contributed by atoms with E-state index in [4.69, 9.17) is 14.6 Å². The number of hydrogen-bond donors (Lipinski definition) is 2. The molecule has 0 saturated carbocycles. The van der Waals surface area contributed by atoms with Crippen molar-refractivity contribution in [2.24, 2.45) is 0 Å². The average Bonchev–Trinajstić information content (AvgIpc) is 2.78. The molecule has 0 aromatic heterocycles. The summed E-state index contributed by atoms with van der Waals surface area (Å²) in [6.07, 6.45) is -0.116. The molecule has 0 unspecified atom stereocenters. The van der Waals surface area contributed by atoms with Gasteiger partial charge in [-0.05, 0) is 53.4 Å². The number of carboxylic acids is 1. The minimum Gasteiger partial charge on any atom is -0.490 e. The Morgan fingerprint density at radius 1 is 0.882 bits per heavy atom. The highest BCUT2D eigenvalue weighted by molar-refractivity contribution is 7.92. The Bertz CT molecular complexity index is 1210. The van der Waals surface area contributed by atoms with E-state index in [0.29, 0.717) is 22.7 Å². The molecule has 0 spiro atoms. The van der Waals surface area contributed by atoms with E-state index in [9.17, 15) is 13.2 Å². The molecule has 8 heteroatoms. The van der Waals surface area contributed by atoms with Crippen molar-refractivity contribution in [3.8, 4) is 11.5 Å². The number of aliphatic carboxylic acids is 1. The largest absolute Gasteiger partial charge is 0.490 e. The molecule has 0 saturated heterocycles. The summed E-state index contributed by atoms with van der Waals surface area (Å²) in [4.78, 5) is 11.2. The molecular formula is C26H29NO6S. The molecule has 0 aliphatic heterocycles. The molecule has 0 aliphatic rings. The van der Waals surface area contributed by atoms with E-state index in [1.54, 1.807) is 60.7 Å². The second kappa shape index (κ2) is 10.6. The van der Waals surface area contributed by atoms with Crippen molar-refractivity contribution < 1.29 is 27.8 Å². The van der Waals surface area contributed by atoms with Gasteiger partial charge in [0.15, 0.2) is 0 Å². The molecule has 0 amide bonds. The topological polar surface area (TPSA) is 102 Å². The highest BCUT2D eigenvalue weighted by Crippen LogP contribution is 2.25. The molecule has 2 N–H and O–H groups in total. The number of nitrogens with one attached hydrogen (secondary N) is 1. The second-order valence-corrected chi connectivity index (χ2v) is 10.5. The van der Waals surface area contributed by atoms with Crippen LogP contribution in [0.5, 0.6) is 11.5 Å². The van der Waals surface area contributed by atoms with Gasteiger partial charge in [0.2, 0.25) is 0 Å². The van der Waals surface area contributed by atoms with Crippen molar-refractivity contribution in [3.05, 3.63) is 83.9 Å². The normalized spacial score (nSPS) is 11.6. The molecule has 0 heterocycles. The maximum atomic E-state index is 12.7. The Morgan fingerprint density at radius 2 is 1.50 bits per heavy atom. The number of hydrogen-bond acceptors (Lipinski definition) is 5. The SMILES string of the molecule is CC(C)(C)c1ccc(S(=O)(=O)Nc2ccc(OCCOc3ccccc3CC(=O)O)cc2)cc1. The highest BCUT2D eigenvalue weighted by atomic mass is 32.2. The van der Waals surface area contributed by atoms with Crippen LogP contribution in [0.2, 0.25) is 0 Å². The molecule has 3 aromatic rings. The monoisotopic (exact) mass is 483 g/mol. The maximum absolute atomic E-state index is 12.7. The summed E-state index contributed by atoms with van der Waals surface area (Å²) in [6, 6.07) is 20.4. The third kappa shape index (κ3) is 6.99.